The van der Waals surface area contributed by atoms with Crippen LogP contribution < -0.4 is 10.2 Å². The smallest absolute Gasteiger partial charge is 0.374 e. The number of aryl methyl sites for hydroxylation is 1. The molecule has 1 aliphatic rings. The molecule has 1 aliphatic heterocycles. The molecule has 1 aromatic heterocycles. The third-order valence-electron chi connectivity index (χ3n) is 4.85. The van der Waals surface area contributed by atoms with Gasteiger partial charge in [0.2, 0.25) is 5.60 Å². The first kappa shape index (κ1) is 19.2. The molecule has 1 aromatic carbocycles. The van der Waals surface area contributed by atoms with Gasteiger partial charge < -0.3 is 15.0 Å². The van der Waals surface area contributed by atoms with Crippen LogP contribution in [0.15, 0.2) is 36.7 Å². The number of alkyl halides is 3. The molecule has 0 radical (unpaired) electrons. The summed E-state index contributed by atoms with van der Waals surface area (Å²) in [5.74, 6) is -0.510. The number of benzene rings is 1. The molecule has 2 atom stereocenters. The summed E-state index contributed by atoms with van der Waals surface area (Å²) in [4.78, 5) is 17.7. The molecule has 2 aromatic rings. The van der Waals surface area contributed by atoms with Crippen molar-refractivity contribution in [2.75, 3.05) is 11.4 Å². The summed E-state index contributed by atoms with van der Waals surface area (Å²) < 4.78 is 41.6. The molecule has 2 amide bonds. The number of para-hydroxylation sites is 1. The highest BCUT2D eigenvalue weighted by Crippen LogP contribution is 2.40. The van der Waals surface area contributed by atoms with Gasteiger partial charge in [0, 0.05) is 44.1 Å². The first-order chi connectivity index (χ1) is 12.6. The molecule has 2 unspecified atom stereocenters. The summed E-state index contributed by atoms with van der Waals surface area (Å²) in [5.41, 5.74) is -1.38. The minimum absolute atomic E-state index is 0.0987. The summed E-state index contributed by atoms with van der Waals surface area (Å²) in [7, 11) is 1.38. The fraction of sp³-hybridized carbons (Fsp3) is 0.444. The Hall–Kier alpha value is -2.55. The lowest BCUT2D eigenvalue weighted by Gasteiger charge is -2.30. The van der Waals surface area contributed by atoms with Gasteiger partial charge in [0.05, 0.1) is 0 Å². The normalized spacial score (nSPS) is 18.9. The van der Waals surface area contributed by atoms with Gasteiger partial charge in [-0.3, -0.25) is 4.90 Å². The number of hydrogen-bond donors (Lipinski definition) is 2. The van der Waals surface area contributed by atoms with Gasteiger partial charge in [-0.05, 0) is 25.0 Å². The Balaban J connectivity index is 1.71. The second-order valence-electron chi connectivity index (χ2n) is 6.75. The number of carbonyl (C=O) groups excluding carboxylic acids is 1. The molecule has 2 heterocycles. The maximum atomic E-state index is 13.5. The van der Waals surface area contributed by atoms with Crippen LogP contribution in [0, 0.1) is 0 Å². The number of rotatable bonds is 4. The molecule has 0 bridgehead atoms. The number of carbonyl (C=O) groups is 1. The van der Waals surface area contributed by atoms with Crippen molar-refractivity contribution < 1.29 is 23.1 Å². The number of aliphatic hydroxyl groups is 1. The van der Waals surface area contributed by atoms with E-state index in [1.54, 1.807) is 12.1 Å². The Morgan fingerprint density at radius 2 is 2.07 bits per heavy atom. The maximum absolute atomic E-state index is 13.5. The van der Waals surface area contributed by atoms with Crippen molar-refractivity contribution in [3.8, 4) is 0 Å². The number of amides is 2. The second-order valence-corrected chi connectivity index (χ2v) is 6.75. The zero-order chi connectivity index (χ0) is 19.8. The van der Waals surface area contributed by atoms with E-state index in [1.165, 1.54) is 24.3 Å². The molecule has 9 heteroatoms. The van der Waals surface area contributed by atoms with Gasteiger partial charge in [-0.15, -0.1) is 0 Å². The van der Waals surface area contributed by atoms with Gasteiger partial charge in [-0.2, -0.15) is 13.2 Å². The Labute approximate surface area is 154 Å². The maximum Gasteiger partial charge on any atom is 0.424 e. The van der Waals surface area contributed by atoms with Gasteiger partial charge in [-0.25, -0.2) is 9.78 Å². The Bertz CT molecular complexity index is 836. The van der Waals surface area contributed by atoms with E-state index in [9.17, 15) is 23.1 Å². The van der Waals surface area contributed by atoms with Crippen LogP contribution in [0.1, 0.15) is 24.7 Å². The fourth-order valence-corrected chi connectivity index (χ4v) is 3.45. The van der Waals surface area contributed by atoms with Crippen LogP contribution in [0.5, 0.6) is 0 Å². The standard InChI is InChI=1S/C18H21F3N4O2/c1-12-11-13-5-3-4-6-14(13)25(12)16(26)23-8-7-17(27,18(19,20)21)15-22-9-10-24(15)2/h3-6,9-10,12,27H,7-8,11H2,1-2H3,(H,23,26). The van der Waals surface area contributed by atoms with E-state index < -0.39 is 30.1 Å². The topological polar surface area (TPSA) is 70.4 Å². The van der Waals surface area contributed by atoms with E-state index in [1.807, 2.05) is 19.1 Å². The average molecular weight is 382 g/mol. The molecule has 0 fully saturated rings. The summed E-state index contributed by atoms with van der Waals surface area (Å²) in [6.07, 6.45) is -2.47. The van der Waals surface area contributed by atoms with E-state index in [0.717, 1.165) is 15.8 Å². The van der Waals surface area contributed by atoms with Gasteiger partial charge in [0.15, 0.2) is 0 Å². The first-order valence-corrected chi connectivity index (χ1v) is 8.57. The monoisotopic (exact) mass is 382 g/mol. The van der Waals surface area contributed by atoms with Crippen LogP contribution in [0.2, 0.25) is 0 Å². The molecule has 27 heavy (non-hydrogen) atoms. The summed E-state index contributed by atoms with van der Waals surface area (Å²) in [5, 5.41) is 12.8. The molecular formula is C18H21F3N4O2. The number of fused-ring (bicyclic) bond motifs is 1. The highest BCUT2D eigenvalue weighted by molar-refractivity contribution is 5.94. The van der Waals surface area contributed by atoms with E-state index in [2.05, 4.69) is 10.3 Å². The van der Waals surface area contributed by atoms with Crippen LogP contribution in [-0.4, -0.2) is 39.5 Å². The Morgan fingerprint density at radius 3 is 2.70 bits per heavy atom. The predicted octanol–water partition coefficient (Wildman–Crippen LogP) is 2.72. The summed E-state index contributed by atoms with van der Waals surface area (Å²) in [6.45, 7) is 1.52. The lowest BCUT2D eigenvalue weighted by atomic mass is 9.97. The van der Waals surface area contributed by atoms with Crippen LogP contribution in [-0.2, 0) is 19.1 Å². The van der Waals surface area contributed by atoms with Crippen LogP contribution in [0.25, 0.3) is 0 Å². The number of nitrogens with one attached hydrogen (secondary N) is 1. The van der Waals surface area contributed by atoms with Crippen molar-refractivity contribution in [2.45, 2.75) is 37.6 Å². The molecule has 146 valence electrons. The number of urea groups is 1. The van der Waals surface area contributed by atoms with Crippen molar-refractivity contribution in [1.29, 1.82) is 0 Å². The third kappa shape index (κ3) is 3.39. The zero-order valence-corrected chi connectivity index (χ0v) is 15.0. The highest BCUT2D eigenvalue weighted by atomic mass is 19.4. The number of nitrogens with zero attached hydrogens (tertiary/aromatic N) is 3. The van der Waals surface area contributed by atoms with Crippen LogP contribution in [0.4, 0.5) is 23.7 Å². The Morgan fingerprint density at radius 1 is 1.37 bits per heavy atom. The Kier molecular flexibility index (Phi) is 4.90. The van der Waals surface area contributed by atoms with Crippen LogP contribution in [0.3, 0.4) is 0 Å². The molecule has 0 saturated carbocycles. The van der Waals surface area contributed by atoms with E-state index >= 15 is 0 Å². The molecule has 6 nitrogen and oxygen atoms in total. The van der Waals surface area contributed by atoms with Crippen molar-refractivity contribution in [3.63, 3.8) is 0 Å². The molecule has 0 saturated heterocycles. The SMILES string of the molecule is CC1Cc2ccccc2N1C(=O)NCCC(O)(c1nccn1C)C(F)(F)F. The van der Waals surface area contributed by atoms with Crippen molar-refractivity contribution >= 4 is 11.7 Å². The van der Waals surface area contributed by atoms with Gasteiger partial charge in [-0.1, -0.05) is 18.2 Å². The number of hydrogen-bond acceptors (Lipinski definition) is 3. The lowest BCUT2D eigenvalue weighted by Crippen LogP contribution is -2.49. The predicted molar refractivity (Wildman–Crippen MR) is 93.3 cm³/mol. The van der Waals surface area contributed by atoms with E-state index in [-0.39, 0.29) is 12.6 Å². The number of imidazole rings is 1. The zero-order valence-electron chi connectivity index (χ0n) is 15.0. The molecule has 2 N–H and O–H groups in total. The van der Waals surface area contributed by atoms with E-state index in [4.69, 9.17) is 0 Å². The number of aromatic nitrogens is 2. The van der Waals surface area contributed by atoms with Crippen molar-refractivity contribution in [1.82, 2.24) is 14.9 Å². The van der Waals surface area contributed by atoms with Crippen molar-refractivity contribution in [2.24, 2.45) is 7.05 Å². The molecular weight excluding hydrogens is 361 g/mol. The summed E-state index contributed by atoms with van der Waals surface area (Å²) >= 11 is 0. The number of halogens is 3. The first-order valence-electron chi connectivity index (χ1n) is 8.57. The minimum atomic E-state index is -4.93. The van der Waals surface area contributed by atoms with Crippen LogP contribution >= 0.6 is 0 Å². The van der Waals surface area contributed by atoms with Gasteiger partial charge >= 0.3 is 12.2 Å². The van der Waals surface area contributed by atoms with Gasteiger partial charge in [0.1, 0.15) is 5.82 Å². The minimum Gasteiger partial charge on any atom is -0.374 e. The lowest BCUT2D eigenvalue weighted by molar-refractivity contribution is -0.272. The van der Waals surface area contributed by atoms with Gasteiger partial charge in [0.25, 0.3) is 0 Å². The van der Waals surface area contributed by atoms with E-state index in [0.29, 0.717) is 6.42 Å². The highest BCUT2D eigenvalue weighted by Gasteiger charge is 2.57. The average Bonchev–Trinajstić information content (AvgIpc) is 3.15. The number of anilines is 1. The largest absolute Gasteiger partial charge is 0.424 e. The molecule has 0 spiro atoms. The fourth-order valence-electron chi connectivity index (χ4n) is 3.45. The molecule has 3 rings (SSSR count). The summed E-state index contributed by atoms with van der Waals surface area (Å²) in [6, 6.07) is 6.82. The molecule has 0 aliphatic carbocycles. The van der Waals surface area contributed by atoms with Crippen molar-refractivity contribution in [3.05, 3.63) is 48.0 Å². The second kappa shape index (κ2) is 6.88. The third-order valence-corrected chi connectivity index (χ3v) is 4.85. The quantitative estimate of drug-likeness (QED) is 0.854.